The monoisotopic (exact) mass is 210 g/mol. The van der Waals surface area contributed by atoms with Gasteiger partial charge in [0.15, 0.2) is 0 Å². The first kappa shape index (κ1) is 10.6. The van der Waals surface area contributed by atoms with E-state index in [4.69, 9.17) is 4.74 Å². The number of aromatic nitrogens is 3. The SMILES string of the molecule is CC1(C)CN(CCn2cnnc2)CCO1. The number of ether oxygens (including phenoxy) is 1. The molecule has 0 spiro atoms. The maximum atomic E-state index is 5.66. The summed E-state index contributed by atoms with van der Waals surface area (Å²) in [6, 6.07) is 0. The fourth-order valence-corrected chi connectivity index (χ4v) is 1.90. The lowest BCUT2D eigenvalue weighted by atomic mass is 10.1. The van der Waals surface area contributed by atoms with Crippen molar-refractivity contribution in [2.45, 2.75) is 26.0 Å². The van der Waals surface area contributed by atoms with Crippen LogP contribution in [-0.2, 0) is 11.3 Å². The van der Waals surface area contributed by atoms with E-state index >= 15 is 0 Å². The fraction of sp³-hybridized carbons (Fsp3) is 0.800. The molecular formula is C10H18N4O. The zero-order valence-corrected chi connectivity index (χ0v) is 9.39. The second-order valence-electron chi connectivity index (χ2n) is 4.58. The second kappa shape index (κ2) is 4.28. The lowest BCUT2D eigenvalue weighted by Gasteiger charge is -2.38. The first-order chi connectivity index (χ1) is 7.16. The van der Waals surface area contributed by atoms with Crippen molar-refractivity contribution in [3.63, 3.8) is 0 Å². The minimum Gasteiger partial charge on any atom is -0.373 e. The van der Waals surface area contributed by atoms with Crippen molar-refractivity contribution in [3.05, 3.63) is 12.7 Å². The van der Waals surface area contributed by atoms with Crippen LogP contribution in [0.3, 0.4) is 0 Å². The number of hydrogen-bond acceptors (Lipinski definition) is 4. The van der Waals surface area contributed by atoms with Gasteiger partial charge in [-0.2, -0.15) is 0 Å². The summed E-state index contributed by atoms with van der Waals surface area (Å²) in [4.78, 5) is 2.42. The van der Waals surface area contributed by atoms with Gasteiger partial charge in [0.2, 0.25) is 0 Å². The van der Waals surface area contributed by atoms with Crippen LogP contribution in [-0.4, -0.2) is 51.5 Å². The predicted molar refractivity (Wildman–Crippen MR) is 56.5 cm³/mol. The summed E-state index contributed by atoms with van der Waals surface area (Å²) in [5.41, 5.74) is -0.00849. The lowest BCUT2D eigenvalue weighted by Crippen LogP contribution is -2.48. The number of rotatable bonds is 3. The summed E-state index contributed by atoms with van der Waals surface area (Å²) in [5.74, 6) is 0. The van der Waals surface area contributed by atoms with Crippen LogP contribution < -0.4 is 0 Å². The molecule has 0 N–H and O–H groups in total. The number of nitrogens with zero attached hydrogens (tertiary/aromatic N) is 4. The zero-order valence-electron chi connectivity index (χ0n) is 9.39. The van der Waals surface area contributed by atoms with Crippen LogP contribution in [0.4, 0.5) is 0 Å². The molecule has 2 rings (SSSR count). The largest absolute Gasteiger partial charge is 0.373 e. The highest BCUT2D eigenvalue weighted by atomic mass is 16.5. The van der Waals surface area contributed by atoms with E-state index < -0.39 is 0 Å². The van der Waals surface area contributed by atoms with E-state index in [1.807, 2.05) is 4.57 Å². The van der Waals surface area contributed by atoms with Gasteiger partial charge >= 0.3 is 0 Å². The summed E-state index contributed by atoms with van der Waals surface area (Å²) in [6.07, 6.45) is 3.51. The molecule has 0 radical (unpaired) electrons. The van der Waals surface area contributed by atoms with Gasteiger partial charge in [0, 0.05) is 26.2 Å². The Hall–Kier alpha value is -0.940. The van der Waals surface area contributed by atoms with Gasteiger partial charge in [0.05, 0.1) is 12.2 Å². The molecule has 84 valence electrons. The molecule has 1 aliphatic heterocycles. The first-order valence-electron chi connectivity index (χ1n) is 5.34. The van der Waals surface area contributed by atoms with Gasteiger partial charge in [-0.1, -0.05) is 0 Å². The minimum atomic E-state index is -0.00849. The molecule has 1 aliphatic rings. The van der Waals surface area contributed by atoms with Crippen LogP contribution in [0.1, 0.15) is 13.8 Å². The molecule has 5 nitrogen and oxygen atoms in total. The van der Waals surface area contributed by atoms with Gasteiger partial charge in [-0.15, -0.1) is 10.2 Å². The summed E-state index contributed by atoms with van der Waals surface area (Å²) in [6.45, 7) is 9.10. The van der Waals surface area contributed by atoms with Crippen molar-refractivity contribution < 1.29 is 4.74 Å². The Kier molecular flexibility index (Phi) is 3.02. The first-order valence-corrected chi connectivity index (χ1v) is 5.34. The molecule has 5 heteroatoms. The van der Waals surface area contributed by atoms with Crippen molar-refractivity contribution in [1.29, 1.82) is 0 Å². The fourth-order valence-electron chi connectivity index (χ4n) is 1.90. The normalized spacial score (nSPS) is 21.7. The van der Waals surface area contributed by atoms with Gasteiger partial charge in [-0.05, 0) is 13.8 Å². The molecule has 1 fully saturated rings. The Morgan fingerprint density at radius 1 is 1.27 bits per heavy atom. The molecule has 0 amide bonds. The van der Waals surface area contributed by atoms with Crippen LogP contribution in [0.15, 0.2) is 12.7 Å². The van der Waals surface area contributed by atoms with Crippen molar-refractivity contribution in [1.82, 2.24) is 19.7 Å². The number of morpholine rings is 1. The molecule has 0 unspecified atom stereocenters. The van der Waals surface area contributed by atoms with Gasteiger partial charge in [0.1, 0.15) is 12.7 Å². The standard InChI is InChI=1S/C10H18N4O/c1-10(2)7-13(5-6-15-10)3-4-14-8-11-12-9-14/h8-9H,3-7H2,1-2H3. The molecule has 0 aromatic carbocycles. The summed E-state index contributed by atoms with van der Waals surface area (Å²) in [7, 11) is 0. The van der Waals surface area contributed by atoms with Crippen LogP contribution in [0.2, 0.25) is 0 Å². The molecule has 15 heavy (non-hydrogen) atoms. The van der Waals surface area contributed by atoms with Gasteiger partial charge < -0.3 is 9.30 Å². The Morgan fingerprint density at radius 3 is 2.67 bits per heavy atom. The van der Waals surface area contributed by atoms with Gasteiger partial charge in [-0.25, -0.2) is 0 Å². The molecule has 0 atom stereocenters. The molecule has 1 saturated heterocycles. The van der Waals surface area contributed by atoms with E-state index in [1.165, 1.54) is 0 Å². The summed E-state index contributed by atoms with van der Waals surface area (Å²) < 4.78 is 7.66. The van der Waals surface area contributed by atoms with Crippen LogP contribution >= 0.6 is 0 Å². The summed E-state index contributed by atoms with van der Waals surface area (Å²) in [5, 5.41) is 7.57. The molecule has 1 aromatic heterocycles. The van der Waals surface area contributed by atoms with E-state index in [9.17, 15) is 0 Å². The van der Waals surface area contributed by atoms with E-state index in [2.05, 4.69) is 28.9 Å². The zero-order chi connectivity index (χ0) is 10.7. The second-order valence-corrected chi connectivity index (χ2v) is 4.58. The third-order valence-corrected chi connectivity index (χ3v) is 2.65. The molecular weight excluding hydrogens is 192 g/mol. The predicted octanol–water partition coefficient (Wildman–Crippen LogP) is 0.389. The van der Waals surface area contributed by atoms with Crippen molar-refractivity contribution in [3.8, 4) is 0 Å². The van der Waals surface area contributed by atoms with Crippen molar-refractivity contribution >= 4 is 0 Å². The Balaban J connectivity index is 1.80. The Labute approximate surface area is 90.0 Å². The van der Waals surface area contributed by atoms with Gasteiger partial charge in [0.25, 0.3) is 0 Å². The number of hydrogen-bond donors (Lipinski definition) is 0. The van der Waals surface area contributed by atoms with Crippen molar-refractivity contribution in [2.75, 3.05) is 26.2 Å². The van der Waals surface area contributed by atoms with E-state index in [-0.39, 0.29) is 5.60 Å². The lowest BCUT2D eigenvalue weighted by molar-refractivity contribution is -0.0864. The minimum absolute atomic E-state index is 0.00849. The maximum absolute atomic E-state index is 5.66. The van der Waals surface area contributed by atoms with Crippen molar-refractivity contribution in [2.24, 2.45) is 0 Å². The van der Waals surface area contributed by atoms with E-state index in [0.717, 1.165) is 32.8 Å². The molecule has 0 saturated carbocycles. The molecule has 0 aliphatic carbocycles. The molecule has 2 heterocycles. The van der Waals surface area contributed by atoms with Crippen LogP contribution in [0.25, 0.3) is 0 Å². The topological polar surface area (TPSA) is 43.2 Å². The van der Waals surface area contributed by atoms with E-state index in [0.29, 0.717) is 0 Å². The average Bonchev–Trinajstić information content (AvgIpc) is 2.65. The van der Waals surface area contributed by atoms with Crippen LogP contribution in [0.5, 0.6) is 0 Å². The maximum Gasteiger partial charge on any atom is 0.119 e. The highest BCUT2D eigenvalue weighted by Crippen LogP contribution is 2.15. The Morgan fingerprint density at radius 2 is 2.00 bits per heavy atom. The third-order valence-electron chi connectivity index (χ3n) is 2.65. The highest BCUT2D eigenvalue weighted by molar-refractivity contribution is 4.79. The average molecular weight is 210 g/mol. The third kappa shape index (κ3) is 3.00. The van der Waals surface area contributed by atoms with Gasteiger partial charge in [-0.3, -0.25) is 4.90 Å². The molecule has 1 aromatic rings. The van der Waals surface area contributed by atoms with E-state index in [1.54, 1.807) is 12.7 Å². The summed E-state index contributed by atoms with van der Waals surface area (Å²) >= 11 is 0. The molecule has 0 bridgehead atoms. The smallest absolute Gasteiger partial charge is 0.119 e. The highest BCUT2D eigenvalue weighted by Gasteiger charge is 2.26. The van der Waals surface area contributed by atoms with Crippen LogP contribution in [0, 0.1) is 0 Å². The Bertz CT molecular complexity index is 296. The quantitative estimate of drug-likeness (QED) is 0.724.